The van der Waals surface area contributed by atoms with Crippen LogP contribution in [0.3, 0.4) is 0 Å². The molecule has 1 aliphatic heterocycles. The minimum Gasteiger partial charge on any atom is -0.365 e. The number of carbonyl (C=O) groups excluding carboxylic acids is 1. The van der Waals surface area contributed by atoms with Crippen molar-refractivity contribution in [2.75, 3.05) is 6.54 Å². The highest BCUT2D eigenvalue weighted by molar-refractivity contribution is 5.95. The molecule has 1 saturated carbocycles. The van der Waals surface area contributed by atoms with E-state index in [1.807, 2.05) is 13.0 Å². The third kappa shape index (κ3) is 3.17. The number of hydrogen-bond donors (Lipinski definition) is 2. The molecule has 0 bridgehead atoms. The van der Waals surface area contributed by atoms with E-state index >= 15 is 0 Å². The Hall–Kier alpha value is -2.28. The molecule has 1 saturated heterocycles. The smallest absolute Gasteiger partial charge is 0.253 e. The van der Waals surface area contributed by atoms with Crippen LogP contribution < -0.4 is 5.32 Å². The van der Waals surface area contributed by atoms with Crippen molar-refractivity contribution in [1.82, 2.24) is 25.5 Å². The second-order valence-electron chi connectivity index (χ2n) is 6.58. The van der Waals surface area contributed by atoms with Gasteiger partial charge < -0.3 is 10.1 Å². The SMILES string of the molecule is Cc1ccncc1C(=O)NC[C@H]1CC[C@@H](c2nc(C3CC3)n[nH]2)O1. The fraction of sp³-hybridized carbons (Fsp3) is 0.529. The molecule has 3 heterocycles. The maximum absolute atomic E-state index is 12.2. The number of amides is 1. The van der Waals surface area contributed by atoms with Gasteiger partial charge in [-0.25, -0.2) is 4.98 Å². The zero-order valence-electron chi connectivity index (χ0n) is 13.7. The van der Waals surface area contributed by atoms with Crippen LogP contribution in [0.5, 0.6) is 0 Å². The lowest BCUT2D eigenvalue weighted by atomic mass is 10.1. The Labute approximate surface area is 140 Å². The number of rotatable bonds is 5. The molecule has 2 N–H and O–H groups in total. The summed E-state index contributed by atoms with van der Waals surface area (Å²) in [5.41, 5.74) is 1.53. The van der Waals surface area contributed by atoms with Crippen LogP contribution in [-0.4, -0.2) is 38.7 Å². The van der Waals surface area contributed by atoms with E-state index in [-0.39, 0.29) is 18.1 Å². The molecule has 0 aromatic carbocycles. The van der Waals surface area contributed by atoms with Crippen molar-refractivity contribution in [1.29, 1.82) is 0 Å². The molecule has 2 atom stereocenters. The summed E-state index contributed by atoms with van der Waals surface area (Å²) in [6, 6.07) is 1.83. The van der Waals surface area contributed by atoms with Crippen LogP contribution in [0.15, 0.2) is 18.5 Å². The van der Waals surface area contributed by atoms with Crippen molar-refractivity contribution in [2.45, 2.75) is 50.7 Å². The first-order chi connectivity index (χ1) is 11.7. The summed E-state index contributed by atoms with van der Waals surface area (Å²) in [6.45, 7) is 2.40. The number of aromatic amines is 1. The van der Waals surface area contributed by atoms with Crippen LogP contribution >= 0.6 is 0 Å². The van der Waals surface area contributed by atoms with E-state index in [0.717, 1.165) is 30.1 Å². The second kappa shape index (κ2) is 6.32. The molecule has 2 fully saturated rings. The van der Waals surface area contributed by atoms with Gasteiger partial charge in [-0.2, -0.15) is 5.10 Å². The standard InChI is InChI=1S/C17H21N5O2/c1-10-6-7-18-9-13(10)17(23)19-8-12-4-5-14(24-12)16-20-15(21-22-16)11-2-3-11/h6-7,9,11-12,14H,2-5,8H2,1H3,(H,19,23)(H,20,21,22)/t12-,14+/m1/s1. The molecule has 2 aliphatic rings. The third-order valence-electron chi connectivity index (χ3n) is 4.65. The molecule has 7 nitrogen and oxygen atoms in total. The molecule has 2 aromatic heterocycles. The molecule has 24 heavy (non-hydrogen) atoms. The number of aryl methyl sites for hydroxylation is 1. The Kier molecular flexibility index (Phi) is 4.02. The van der Waals surface area contributed by atoms with E-state index in [1.54, 1.807) is 12.4 Å². The molecule has 1 amide bonds. The summed E-state index contributed by atoms with van der Waals surface area (Å²) >= 11 is 0. The first kappa shape index (κ1) is 15.3. The lowest BCUT2D eigenvalue weighted by Crippen LogP contribution is -2.32. The van der Waals surface area contributed by atoms with Crippen molar-refractivity contribution in [3.63, 3.8) is 0 Å². The molecule has 126 valence electrons. The van der Waals surface area contributed by atoms with Gasteiger partial charge >= 0.3 is 0 Å². The number of H-pyrrole nitrogens is 1. The maximum Gasteiger partial charge on any atom is 0.253 e. The fourth-order valence-corrected chi connectivity index (χ4v) is 3.02. The van der Waals surface area contributed by atoms with E-state index in [1.165, 1.54) is 12.8 Å². The largest absolute Gasteiger partial charge is 0.365 e. The average molecular weight is 327 g/mol. The Balaban J connectivity index is 1.30. The van der Waals surface area contributed by atoms with E-state index in [9.17, 15) is 4.79 Å². The highest BCUT2D eigenvalue weighted by Crippen LogP contribution is 2.39. The summed E-state index contributed by atoms with van der Waals surface area (Å²) in [7, 11) is 0. The minimum atomic E-state index is -0.108. The lowest BCUT2D eigenvalue weighted by molar-refractivity contribution is 0.0392. The van der Waals surface area contributed by atoms with Gasteiger partial charge in [0, 0.05) is 24.9 Å². The third-order valence-corrected chi connectivity index (χ3v) is 4.65. The normalized spacial score (nSPS) is 23.4. The van der Waals surface area contributed by atoms with Gasteiger partial charge in [-0.1, -0.05) is 0 Å². The van der Waals surface area contributed by atoms with E-state index in [2.05, 4.69) is 25.5 Å². The number of nitrogens with one attached hydrogen (secondary N) is 2. The summed E-state index contributed by atoms with van der Waals surface area (Å²) in [5.74, 6) is 2.16. The second-order valence-corrected chi connectivity index (χ2v) is 6.58. The van der Waals surface area contributed by atoms with Crippen LogP contribution in [-0.2, 0) is 4.74 Å². The first-order valence-electron chi connectivity index (χ1n) is 8.47. The highest BCUT2D eigenvalue weighted by atomic mass is 16.5. The molecular formula is C17H21N5O2. The Morgan fingerprint density at radius 3 is 3.04 bits per heavy atom. The number of hydrogen-bond acceptors (Lipinski definition) is 5. The zero-order valence-corrected chi connectivity index (χ0v) is 13.7. The van der Waals surface area contributed by atoms with E-state index < -0.39 is 0 Å². The predicted molar refractivity (Wildman–Crippen MR) is 86.5 cm³/mol. The molecule has 4 rings (SSSR count). The van der Waals surface area contributed by atoms with Crippen LogP contribution in [0.4, 0.5) is 0 Å². The molecule has 0 unspecified atom stereocenters. The van der Waals surface area contributed by atoms with Crippen molar-refractivity contribution in [2.24, 2.45) is 0 Å². The Morgan fingerprint density at radius 2 is 2.25 bits per heavy atom. The van der Waals surface area contributed by atoms with Gasteiger partial charge in [-0.05, 0) is 44.2 Å². The van der Waals surface area contributed by atoms with Gasteiger partial charge in [0.2, 0.25) is 0 Å². The number of carbonyl (C=O) groups is 1. The van der Waals surface area contributed by atoms with Gasteiger partial charge in [-0.3, -0.25) is 14.9 Å². The molecule has 0 radical (unpaired) electrons. The van der Waals surface area contributed by atoms with Crippen molar-refractivity contribution in [3.8, 4) is 0 Å². The van der Waals surface area contributed by atoms with Gasteiger partial charge in [-0.15, -0.1) is 0 Å². The fourth-order valence-electron chi connectivity index (χ4n) is 3.02. The maximum atomic E-state index is 12.2. The minimum absolute atomic E-state index is 0.00500. The number of pyridine rings is 1. The predicted octanol–water partition coefficient (Wildman–Crippen LogP) is 2.04. The zero-order chi connectivity index (χ0) is 16.5. The number of ether oxygens (including phenoxy) is 1. The topological polar surface area (TPSA) is 92.8 Å². The molecule has 1 aliphatic carbocycles. The molecule has 0 spiro atoms. The lowest BCUT2D eigenvalue weighted by Gasteiger charge is -2.13. The monoisotopic (exact) mass is 327 g/mol. The van der Waals surface area contributed by atoms with Crippen LogP contribution in [0.1, 0.15) is 65.3 Å². The molecule has 2 aromatic rings. The van der Waals surface area contributed by atoms with Gasteiger partial charge in [0.15, 0.2) is 11.6 Å². The Morgan fingerprint density at radius 1 is 1.38 bits per heavy atom. The van der Waals surface area contributed by atoms with Gasteiger partial charge in [0.25, 0.3) is 5.91 Å². The number of nitrogens with zero attached hydrogens (tertiary/aromatic N) is 3. The Bertz CT molecular complexity index is 740. The summed E-state index contributed by atoms with van der Waals surface area (Å²) < 4.78 is 6.01. The van der Waals surface area contributed by atoms with Crippen LogP contribution in [0.25, 0.3) is 0 Å². The van der Waals surface area contributed by atoms with Crippen LogP contribution in [0.2, 0.25) is 0 Å². The van der Waals surface area contributed by atoms with Crippen molar-refractivity contribution in [3.05, 3.63) is 41.2 Å². The van der Waals surface area contributed by atoms with Gasteiger partial charge in [0.05, 0.1) is 11.7 Å². The average Bonchev–Trinajstić information content (AvgIpc) is 3.13. The molecular weight excluding hydrogens is 306 g/mol. The van der Waals surface area contributed by atoms with Gasteiger partial charge in [0.1, 0.15) is 6.10 Å². The van der Waals surface area contributed by atoms with Crippen molar-refractivity contribution >= 4 is 5.91 Å². The summed E-state index contributed by atoms with van der Waals surface area (Å²) in [4.78, 5) is 20.8. The van der Waals surface area contributed by atoms with E-state index in [4.69, 9.17) is 4.74 Å². The van der Waals surface area contributed by atoms with Crippen molar-refractivity contribution < 1.29 is 9.53 Å². The van der Waals surface area contributed by atoms with E-state index in [0.29, 0.717) is 18.0 Å². The first-order valence-corrected chi connectivity index (χ1v) is 8.47. The summed E-state index contributed by atoms with van der Waals surface area (Å²) in [6.07, 6.45) is 7.40. The number of aromatic nitrogens is 4. The summed E-state index contributed by atoms with van der Waals surface area (Å²) in [5, 5.41) is 10.2. The quantitative estimate of drug-likeness (QED) is 0.876. The van der Waals surface area contributed by atoms with Crippen LogP contribution in [0, 0.1) is 6.92 Å². The highest BCUT2D eigenvalue weighted by Gasteiger charge is 2.32. The molecule has 7 heteroatoms.